The van der Waals surface area contributed by atoms with E-state index < -0.39 is 0 Å². The molecule has 2 aromatic rings. The second-order valence-electron chi connectivity index (χ2n) is 4.43. The normalized spacial score (nSPS) is 14.2. The van der Waals surface area contributed by atoms with Gasteiger partial charge in [0.05, 0.1) is 0 Å². The summed E-state index contributed by atoms with van der Waals surface area (Å²) in [7, 11) is 0. The van der Waals surface area contributed by atoms with Crippen molar-refractivity contribution >= 4 is 16.9 Å². The highest BCUT2D eigenvalue weighted by atomic mass is 16.3. The second kappa shape index (κ2) is 4.58. The zero-order valence-electron chi connectivity index (χ0n) is 10.2. The third-order valence-corrected chi connectivity index (χ3v) is 3.14. The quantitative estimate of drug-likeness (QED) is 0.883. The highest BCUT2D eigenvalue weighted by Crippen LogP contribution is 2.30. The molecule has 0 unspecified atom stereocenters. The molecular formula is C17H12O2. The lowest BCUT2D eigenvalue weighted by molar-refractivity contribution is -0.109. The lowest BCUT2D eigenvalue weighted by Crippen LogP contribution is -1.92. The highest BCUT2D eigenvalue weighted by Gasteiger charge is 2.18. The molecule has 0 bridgehead atoms. The predicted molar refractivity (Wildman–Crippen MR) is 75.5 cm³/mol. The number of allylic oxidation sites excluding steroid dienone is 4. The number of benzene rings is 2. The molecule has 0 aliphatic heterocycles. The van der Waals surface area contributed by atoms with Crippen molar-refractivity contribution in [3.8, 4) is 5.75 Å². The molecule has 1 aliphatic rings. The van der Waals surface area contributed by atoms with Gasteiger partial charge in [-0.25, -0.2) is 0 Å². The van der Waals surface area contributed by atoms with Gasteiger partial charge in [0.25, 0.3) is 0 Å². The summed E-state index contributed by atoms with van der Waals surface area (Å²) in [5, 5.41) is 9.28. The van der Waals surface area contributed by atoms with E-state index in [0.717, 1.165) is 16.7 Å². The van der Waals surface area contributed by atoms with E-state index in [1.54, 1.807) is 30.3 Å². The maximum absolute atomic E-state index is 12.0. The molecule has 3 rings (SSSR count). The standard InChI is InChI=1S/C17H12O2/c18-15-8-6-13(7-9-15)16-10-14(11-17(16)19)12-4-2-1-3-5-12/h1-11,18H. The average Bonchev–Trinajstić information content (AvgIpc) is 2.83. The first-order valence-electron chi connectivity index (χ1n) is 6.06. The topological polar surface area (TPSA) is 37.3 Å². The molecular weight excluding hydrogens is 236 g/mol. The molecule has 2 nitrogen and oxygen atoms in total. The first kappa shape index (κ1) is 11.5. The summed E-state index contributed by atoms with van der Waals surface area (Å²) < 4.78 is 0. The summed E-state index contributed by atoms with van der Waals surface area (Å²) in [5.41, 5.74) is 3.45. The van der Waals surface area contributed by atoms with Gasteiger partial charge < -0.3 is 5.11 Å². The number of ketones is 1. The zero-order chi connectivity index (χ0) is 13.2. The molecule has 19 heavy (non-hydrogen) atoms. The number of phenolic OH excluding ortho intramolecular Hbond substituents is 1. The van der Waals surface area contributed by atoms with E-state index in [-0.39, 0.29) is 11.5 Å². The van der Waals surface area contributed by atoms with Crippen molar-refractivity contribution in [1.82, 2.24) is 0 Å². The van der Waals surface area contributed by atoms with E-state index in [9.17, 15) is 9.90 Å². The van der Waals surface area contributed by atoms with E-state index in [2.05, 4.69) is 0 Å². The summed E-state index contributed by atoms with van der Waals surface area (Å²) in [5.74, 6) is 0.204. The Hall–Kier alpha value is -2.61. The summed E-state index contributed by atoms with van der Waals surface area (Å²) in [4.78, 5) is 12.0. The van der Waals surface area contributed by atoms with Crippen molar-refractivity contribution in [3.63, 3.8) is 0 Å². The molecule has 0 atom stereocenters. The van der Waals surface area contributed by atoms with Crippen molar-refractivity contribution in [2.75, 3.05) is 0 Å². The fourth-order valence-electron chi connectivity index (χ4n) is 2.15. The van der Waals surface area contributed by atoms with Gasteiger partial charge in [0, 0.05) is 5.57 Å². The van der Waals surface area contributed by atoms with Crippen molar-refractivity contribution in [3.05, 3.63) is 77.9 Å². The minimum Gasteiger partial charge on any atom is -0.508 e. The minimum absolute atomic E-state index is 0.00421. The Morgan fingerprint density at radius 3 is 2.11 bits per heavy atom. The number of rotatable bonds is 2. The van der Waals surface area contributed by atoms with Crippen LogP contribution in [-0.2, 0) is 4.79 Å². The van der Waals surface area contributed by atoms with Gasteiger partial charge in [0.2, 0.25) is 0 Å². The van der Waals surface area contributed by atoms with E-state index in [1.165, 1.54) is 0 Å². The van der Waals surface area contributed by atoms with Crippen LogP contribution in [0.5, 0.6) is 5.75 Å². The molecule has 0 aromatic heterocycles. The average molecular weight is 248 g/mol. The summed E-state index contributed by atoms with van der Waals surface area (Å²) in [6.45, 7) is 0. The Bertz CT molecular complexity index is 677. The number of carbonyl (C=O) groups is 1. The number of aromatic hydroxyl groups is 1. The molecule has 2 aromatic carbocycles. The fourth-order valence-corrected chi connectivity index (χ4v) is 2.15. The van der Waals surface area contributed by atoms with Crippen LogP contribution in [0.1, 0.15) is 11.1 Å². The van der Waals surface area contributed by atoms with Crippen LogP contribution in [0.25, 0.3) is 11.1 Å². The smallest absolute Gasteiger partial charge is 0.187 e. The molecule has 92 valence electrons. The molecule has 0 amide bonds. The molecule has 0 radical (unpaired) electrons. The Morgan fingerprint density at radius 2 is 1.42 bits per heavy atom. The Labute approximate surface area is 111 Å². The van der Waals surface area contributed by atoms with Gasteiger partial charge >= 0.3 is 0 Å². The predicted octanol–water partition coefficient (Wildman–Crippen LogP) is 3.44. The minimum atomic E-state index is 0.00421. The monoisotopic (exact) mass is 248 g/mol. The van der Waals surface area contributed by atoms with Gasteiger partial charge in [-0.05, 0) is 41.0 Å². The maximum Gasteiger partial charge on any atom is 0.187 e. The summed E-state index contributed by atoms with van der Waals surface area (Å²) >= 11 is 0. The van der Waals surface area contributed by atoms with E-state index in [1.807, 2.05) is 36.4 Å². The Kier molecular flexibility index (Phi) is 2.76. The fraction of sp³-hybridized carbons (Fsp3) is 0. The number of carbonyl (C=O) groups excluding carboxylic acids is 1. The van der Waals surface area contributed by atoms with E-state index >= 15 is 0 Å². The van der Waals surface area contributed by atoms with Gasteiger partial charge in [-0.1, -0.05) is 42.5 Å². The van der Waals surface area contributed by atoms with Crippen molar-refractivity contribution in [2.45, 2.75) is 0 Å². The van der Waals surface area contributed by atoms with Gasteiger partial charge in [-0.3, -0.25) is 4.79 Å². The summed E-state index contributed by atoms with van der Waals surface area (Å²) in [6.07, 6.45) is 3.54. The maximum atomic E-state index is 12.0. The molecule has 0 spiro atoms. The van der Waals surface area contributed by atoms with Crippen LogP contribution in [0.15, 0.2) is 66.7 Å². The van der Waals surface area contributed by atoms with Crippen LogP contribution in [-0.4, -0.2) is 10.9 Å². The van der Waals surface area contributed by atoms with Crippen LogP contribution in [0.2, 0.25) is 0 Å². The van der Waals surface area contributed by atoms with Gasteiger partial charge in [-0.2, -0.15) is 0 Å². The Balaban J connectivity index is 1.98. The van der Waals surface area contributed by atoms with E-state index in [0.29, 0.717) is 5.57 Å². The number of hydrogen-bond donors (Lipinski definition) is 1. The SMILES string of the molecule is O=C1C=C(c2ccccc2)C=C1c1ccc(O)cc1. The lowest BCUT2D eigenvalue weighted by atomic mass is 10.0. The molecule has 0 fully saturated rings. The lowest BCUT2D eigenvalue weighted by Gasteiger charge is -2.01. The molecule has 0 saturated carbocycles. The van der Waals surface area contributed by atoms with Gasteiger partial charge in [0.15, 0.2) is 5.78 Å². The third-order valence-electron chi connectivity index (χ3n) is 3.14. The zero-order valence-corrected chi connectivity index (χ0v) is 10.2. The molecule has 0 saturated heterocycles. The van der Waals surface area contributed by atoms with Crippen LogP contribution in [0.4, 0.5) is 0 Å². The van der Waals surface area contributed by atoms with Crippen LogP contribution in [0.3, 0.4) is 0 Å². The van der Waals surface area contributed by atoms with Crippen molar-refractivity contribution in [1.29, 1.82) is 0 Å². The van der Waals surface area contributed by atoms with Gasteiger partial charge in [0.1, 0.15) is 5.75 Å². The highest BCUT2D eigenvalue weighted by molar-refractivity contribution is 6.33. The molecule has 2 heteroatoms. The summed E-state index contributed by atoms with van der Waals surface area (Å²) in [6, 6.07) is 16.5. The first-order chi connectivity index (χ1) is 9.24. The van der Waals surface area contributed by atoms with Crippen LogP contribution < -0.4 is 0 Å². The first-order valence-corrected chi connectivity index (χ1v) is 6.06. The third kappa shape index (κ3) is 2.20. The van der Waals surface area contributed by atoms with Gasteiger partial charge in [-0.15, -0.1) is 0 Å². The molecule has 1 aliphatic carbocycles. The number of phenols is 1. The second-order valence-corrected chi connectivity index (χ2v) is 4.43. The van der Waals surface area contributed by atoms with Crippen LogP contribution >= 0.6 is 0 Å². The van der Waals surface area contributed by atoms with Crippen LogP contribution in [0, 0.1) is 0 Å². The largest absolute Gasteiger partial charge is 0.508 e. The van der Waals surface area contributed by atoms with Crippen molar-refractivity contribution < 1.29 is 9.90 Å². The molecule has 1 N–H and O–H groups in total. The van der Waals surface area contributed by atoms with E-state index in [4.69, 9.17) is 0 Å². The molecule has 0 heterocycles. The Morgan fingerprint density at radius 1 is 0.737 bits per heavy atom. The van der Waals surface area contributed by atoms with Crippen molar-refractivity contribution in [2.24, 2.45) is 0 Å². The number of hydrogen-bond acceptors (Lipinski definition) is 2.